The van der Waals surface area contributed by atoms with Gasteiger partial charge in [-0.2, -0.15) is 5.10 Å². The van der Waals surface area contributed by atoms with Crippen molar-refractivity contribution in [3.8, 4) is 11.4 Å². The summed E-state index contributed by atoms with van der Waals surface area (Å²) in [5.41, 5.74) is 2.48. The van der Waals surface area contributed by atoms with Crippen molar-refractivity contribution in [2.75, 3.05) is 19.3 Å². The van der Waals surface area contributed by atoms with E-state index in [9.17, 15) is 8.42 Å². The van der Waals surface area contributed by atoms with Crippen molar-refractivity contribution in [2.45, 2.75) is 19.3 Å². The Bertz CT molecular complexity index is 742. The molecule has 0 saturated carbocycles. The second-order valence-corrected chi connectivity index (χ2v) is 7.31. The molecule has 1 aliphatic heterocycles. The molecular weight excluding hydrogens is 290 g/mol. The van der Waals surface area contributed by atoms with E-state index in [-0.39, 0.29) is 5.92 Å². The van der Waals surface area contributed by atoms with Gasteiger partial charge in [0, 0.05) is 30.9 Å². The molecule has 2 aromatic heterocycles. The second-order valence-electron chi connectivity index (χ2n) is 5.33. The van der Waals surface area contributed by atoms with Crippen LogP contribution in [0.15, 0.2) is 18.3 Å². The summed E-state index contributed by atoms with van der Waals surface area (Å²) in [6.07, 6.45) is 3.66. The van der Waals surface area contributed by atoms with Gasteiger partial charge < -0.3 is 0 Å². The zero-order valence-corrected chi connectivity index (χ0v) is 12.8. The molecule has 0 aromatic carbocycles. The molecule has 0 amide bonds. The molecule has 0 unspecified atom stereocenters. The highest BCUT2D eigenvalue weighted by Gasteiger charge is 2.31. The number of aromatic amines is 1. The van der Waals surface area contributed by atoms with Crippen LogP contribution in [0.5, 0.6) is 0 Å². The zero-order chi connectivity index (χ0) is 15.0. The fraction of sp³-hybridized carbons (Fsp3) is 0.462. The molecule has 3 heterocycles. The number of nitrogens with zero attached hydrogens (tertiary/aromatic N) is 4. The molecule has 3 rings (SSSR count). The van der Waals surface area contributed by atoms with Crippen LogP contribution in [0.25, 0.3) is 11.4 Å². The summed E-state index contributed by atoms with van der Waals surface area (Å²) in [5.74, 6) is 0.743. The van der Waals surface area contributed by atoms with Crippen molar-refractivity contribution in [3.63, 3.8) is 0 Å². The largest absolute Gasteiger partial charge is 0.276 e. The highest BCUT2D eigenvalue weighted by Crippen LogP contribution is 2.27. The number of nitrogens with one attached hydrogen (secondary N) is 1. The van der Waals surface area contributed by atoms with E-state index < -0.39 is 10.0 Å². The van der Waals surface area contributed by atoms with Gasteiger partial charge in [-0.25, -0.2) is 22.7 Å². The Morgan fingerprint density at radius 1 is 1.38 bits per heavy atom. The smallest absolute Gasteiger partial charge is 0.211 e. The summed E-state index contributed by atoms with van der Waals surface area (Å²) in [6, 6.07) is 3.74. The summed E-state index contributed by atoms with van der Waals surface area (Å²) < 4.78 is 24.7. The van der Waals surface area contributed by atoms with Gasteiger partial charge in [-0.05, 0) is 25.5 Å². The van der Waals surface area contributed by atoms with Crippen LogP contribution in [-0.4, -0.2) is 52.2 Å². The van der Waals surface area contributed by atoms with Crippen LogP contribution < -0.4 is 0 Å². The standard InChI is InChI=1S/C13H17N5O2S/c1-9-7-12(11-3-5-14-17-11)16-13(15-9)10-4-6-18(8-10)21(2,19)20/h3,5,7,10H,4,6,8H2,1-2H3,(H,14,17)/t10-/m1/s1. The van der Waals surface area contributed by atoms with E-state index in [2.05, 4.69) is 20.2 Å². The van der Waals surface area contributed by atoms with Crippen molar-refractivity contribution in [2.24, 2.45) is 0 Å². The monoisotopic (exact) mass is 307 g/mol. The number of rotatable bonds is 3. The molecule has 1 aliphatic rings. The third-order valence-corrected chi connectivity index (χ3v) is 4.90. The molecule has 21 heavy (non-hydrogen) atoms. The van der Waals surface area contributed by atoms with Crippen LogP contribution in [-0.2, 0) is 10.0 Å². The molecule has 0 radical (unpaired) electrons. The lowest BCUT2D eigenvalue weighted by Crippen LogP contribution is -2.27. The van der Waals surface area contributed by atoms with Crippen LogP contribution in [0.3, 0.4) is 0 Å². The van der Waals surface area contributed by atoms with Crippen LogP contribution in [0.2, 0.25) is 0 Å². The molecule has 1 atom stereocenters. The minimum Gasteiger partial charge on any atom is -0.276 e. The highest BCUT2D eigenvalue weighted by molar-refractivity contribution is 7.88. The van der Waals surface area contributed by atoms with Gasteiger partial charge in [0.2, 0.25) is 10.0 Å². The maximum atomic E-state index is 11.6. The first-order valence-corrected chi connectivity index (χ1v) is 8.59. The van der Waals surface area contributed by atoms with Gasteiger partial charge in [-0.3, -0.25) is 5.10 Å². The van der Waals surface area contributed by atoms with Crippen LogP contribution in [0.1, 0.15) is 23.9 Å². The van der Waals surface area contributed by atoms with Crippen molar-refractivity contribution in [3.05, 3.63) is 29.8 Å². The lowest BCUT2D eigenvalue weighted by molar-refractivity contribution is 0.476. The van der Waals surface area contributed by atoms with Gasteiger partial charge in [0.1, 0.15) is 5.82 Å². The number of hydrogen-bond donors (Lipinski definition) is 1. The van der Waals surface area contributed by atoms with Gasteiger partial charge in [-0.15, -0.1) is 0 Å². The average Bonchev–Trinajstić information content (AvgIpc) is 3.09. The van der Waals surface area contributed by atoms with Crippen LogP contribution in [0, 0.1) is 6.92 Å². The summed E-state index contributed by atoms with van der Waals surface area (Å²) in [7, 11) is -3.15. The predicted molar refractivity (Wildman–Crippen MR) is 78.1 cm³/mol. The van der Waals surface area contributed by atoms with Crippen LogP contribution in [0.4, 0.5) is 0 Å². The van der Waals surface area contributed by atoms with Crippen molar-refractivity contribution >= 4 is 10.0 Å². The first kappa shape index (κ1) is 14.2. The van der Waals surface area contributed by atoms with Gasteiger partial charge >= 0.3 is 0 Å². The fourth-order valence-electron chi connectivity index (χ4n) is 2.55. The quantitative estimate of drug-likeness (QED) is 0.910. The van der Waals surface area contributed by atoms with E-state index in [4.69, 9.17) is 0 Å². The molecular formula is C13H17N5O2S. The summed E-state index contributed by atoms with van der Waals surface area (Å²) in [4.78, 5) is 9.05. The summed E-state index contributed by atoms with van der Waals surface area (Å²) in [5, 5.41) is 6.81. The Morgan fingerprint density at radius 3 is 2.81 bits per heavy atom. The molecule has 1 fully saturated rings. The molecule has 112 valence electrons. The minimum absolute atomic E-state index is 0.0429. The van der Waals surface area contributed by atoms with E-state index >= 15 is 0 Å². The number of H-pyrrole nitrogens is 1. The van der Waals surface area contributed by atoms with E-state index in [1.165, 1.54) is 10.6 Å². The third kappa shape index (κ3) is 2.96. The number of hydrogen-bond acceptors (Lipinski definition) is 5. The van der Waals surface area contributed by atoms with Gasteiger partial charge in [0.05, 0.1) is 17.6 Å². The Labute approximate surface area is 123 Å². The van der Waals surface area contributed by atoms with E-state index in [1.807, 2.05) is 19.1 Å². The van der Waals surface area contributed by atoms with E-state index in [0.717, 1.165) is 23.5 Å². The van der Waals surface area contributed by atoms with Crippen LogP contribution >= 0.6 is 0 Å². The molecule has 1 N–H and O–H groups in total. The topological polar surface area (TPSA) is 91.8 Å². The zero-order valence-electron chi connectivity index (χ0n) is 11.9. The van der Waals surface area contributed by atoms with E-state index in [1.54, 1.807) is 6.20 Å². The Kier molecular flexibility index (Phi) is 3.50. The number of aromatic nitrogens is 4. The summed E-state index contributed by atoms with van der Waals surface area (Å²) >= 11 is 0. The normalized spacial score (nSPS) is 20.0. The lowest BCUT2D eigenvalue weighted by Gasteiger charge is -2.13. The maximum Gasteiger partial charge on any atom is 0.211 e. The van der Waals surface area contributed by atoms with Crippen molar-refractivity contribution in [1.29, 1.82) is 0 Å². The second kappa shape index (κ2) is 5.19. The average molecular weight is 307 g/mol. The molecule has 0 aliphatic carbocycles. The molecule has 2 aromatic rings. The molecule has 0 bridgehead atoms. The van der Waals surface area contributed by atoms with Gasteiger partial charge in [0.25, 0.3) is 0 Å². The SMILES string of the molecule is Cc1cc(-c2ccn[nH]2)nc([C@@H]2CCN(S(C)(=O)=O)C2)n1. The third-order valence-electron chi connectivity index (χ3n) is 3.63. The van der Waals surface area contributed by atoms with Gasteiger partial charge in [-0.1, -0.05) is 0 Å². The minimum atomic E-state index is -3.15. The Hall–Kier alpha value is -1.80. The lowest BCUT2D eigenvalue weighted by atomic mass is 10.1. The first-order chi connectivity index (χ1) is 9.93. The molecule has 1 saturated heterocycles. The van der Waals surface area contributed by atoms with Gasteiger partial charge in [0.15, 0.2) is 0 Å². The molecule has 8 heteroatoms. The Balaban J connectivity index is 1.90. The Morgan fingerprint density at radius 2 is 2.19 bits per heavy atom. The molecule has 7 nitrogen and oxygen atoms in total. The highest BCUT2D eigenvalue weighted by atomic mass is 32.2. The fourth-order valence-corrected chi connectivity index (χ4v) is 3.44. The number of sulfonamides is 1. The van der Waals surface area contributed by atoms with E-state index in [0.29, 0.717) is 18.9 Å². The summed E-state index contributed by atoms with van der Waals surface area (Å²) in [6.45, 7) is 2.89. The van der Waals surface area contributed by atoms with Crippen molar-refractivity contribution < 1.29 is 8.42 Å². The number of aryl methyl sites for hydroxylation is 1. The molecule has 0 spiro atoms. The maximum absolute atomic E-state index is 11.6. The predicted octanol–water partition coefficient (Wildman–Crippen LogP) is 0.924. The van der Waals surface area contributed by atoms with Crippen molar-refractivity contribution in [1.82, 2.24) is 24.5 Å². The first-order valence-electron chi connectivity index (χ1n) is 6.74.